The highest BCUT2D eigenvalue weighted by Gasteiger charge is 2.41. The summed E-state index contributed by atoms with van der Waals surface area (Å²) in [5, 5.41) is 5.61. The summed E-state index contributed by atoms with van der Waals surface area (Å²) in [5.41, 5.74) is 1.48. The molecule has 0 bridgehead atoms. The van der Waals surface area contributed by atoms with E-state index in [0.717, 1.165) is 19.7 Å². The van der Waals surface area contributed by atoms with Gasteiger partial charge >= 0.3 is 0 Å². The van der Waals surface area contributed by atoms with Gasteiger partial charge in [0.1, 0.15) is 5.60 Å². The number of hydrogen-bond acceptors (Lipinski definition) is 3. The molecule has 1 N–H and O–H groups in total. The molecule has 2 heterocycles. The minimum absolute atomic E-state index is 0.0353. The molecule has 3 rings (SSSR count). The highest BCUT2D eigenvalue weighted by molar-refractivity contribution is 7.10. The number of aryl methyl sites for hydroxylation is 1. The molecule has 1 aromatic rings. The van der Waals surface area contributed by atoms with Crippen molar-refractivity contribution >= 4 is 11.3 Å². The average Bonchev–Trinajstić information content (AvgIpc) is 2.73. The molecule has 1 atom stereocenters. The van der Waals surface area contributed by atoms with Crippen molar-refractivity contribution in [1.29, 1.82) is 0 Å². The van der Waals surface area contributed by atoms with E-state index in [9.17, 15) is 0 Å². The molecule has 3 heteroatoms. The minimum atomic E-state index is 0.0353. The lowest BCUT2D eigenvalue weighted by atomic mass is 9.96. The molecule has 2 nitrogen and oxygen atoms in total. The second kappa shape index (κ2) is 2.80. The maximum Gasteiger partial charge on any atom is 0.107 e. The van der Waals surface area contributed by atoms with Crippen molar-refractivity contribution in [1.82, 2.24) is 5.32 Å². The predicted molar refractivity (Wildman–Crippen MR) is 53.1 cm³/mol. The highest BCUT2D eigenvalue weighted by atomic mass is 32.1. The van der Waals surface area contributed by atoms with Gasteiger partial charge in [0.25, 0.3) is 0 Å². The van der Waals surface area contributed by atoms with E-state index in [2.05, 4.69) is 16.8 Å². The van der Waals surface area contributed by atoms with Crippen molar-refractivity contribution in [2.24, 2.45) is 0 Å². The van der Waals surface area contributed by atoms with Gasteiger partial charge in [0.15, 0.2) is 0 Å². The first kappa shape index (κ1) is 7.97. The Bertz CT molecular complexity index is 314. The van der Waals surface area contributed by atoms with E-state index in [1.807, 2.05) is 11.3 Å². The second-order valence-corrected chi connectivity index (χ2v) is 4.78. The number of fused-ring (bicyclic) bond motifs is 2. The number of morpholine rings is 1. The summed E-state index contributed by atoms with van der Waals surface area (Å²) < 4.78 is 5.96. The molecule has 1 unspecified atom stereocenters. The van der Waals surface area contributed by atoms with E-state index in [0.29, 0.717) is 0 Å². The number of rotatable bonds is 0. The van der Waals surface area contributed by atoms with Crippen LogP contribution in [0.15, 0.2) is 11.4 Å². The molecule has 1 aliphatic heterocycles. The summed E-state index contributed by atoms with van der Waals surface area (Å²) in [6.07, 6.45) is 2.37. The Hall–Kier alpha value is -0.380. The predicted octanol–water partition coefficient (Wildman–Crippen LogP) is 1.51. The van der Waals surface area contributed by atoms with E-state index in [-0.39, 0.29) is 5.60 Å². The van der Waals surface area contributed by atoms with Crippen molar-refractivity contribution < 1.29 is 4.74 Å². The molecule has 1 aliphatic carbocycles. The van der Waals surface area contributed by atoms with E-state index >= 15 is 0 Å². The topological polar surface area (TPSA) is 21.3 Å². The van der Waals surface area contributed by atoms with Gasteiger partial charge in [-0.3, -0.25) is 0 Å². The number of ether oxygens (including phenoxy) is 1. The Morgan fingerprint density at radius 2 is 2.54 bits per heavy atom. The van der Waals surface area contributed by atoms with E-state index in [1.165, 1.54) is 23.3 Å². The average molecular weight is 195 g/mol. The first-order valence-corrected chi connectivity index (χ1v) is 5.70. The van der Waals surface area contributed by atoms with Crippen molar-refractivity contribution in [3.05, 3.63) is 21.9 Å². The lowest BCUT2D eigenvalue weighted by Gasteiger charge is -2.34. The summed E-state index contributed by atoms with van der Waals surface area (Å²) in [6.45, 7) is 2.85. The number of thiophene rings is 1. The Labute approximate surface area is 81.9 Å². The Kier molecular flexibility index (Phi) is 1.72. The Morgan fingerprint density at radius 3 is 3.38 bits per heavy atom. The molecule has 1 fully saturated rings. The van der Waals surface area contributed by atoms with Crippen LogP contribution in [-0.4, -0.2) is 19.7 Å². The second-order valence-electron chi connectivity index (χ2n) is 3.78. The zero-order valence-corrected chi connectivity index (χ0v) is 8.32. The normalized spacial score (nSPS) is 32.3. The largest absolute Gasteiger partial charge is 0.368 e. The van der Waals surface area contributed by atoms with Gasteiger partial charge in [0.05, 0.1) is 6.61 Å². The fourth-order valence-electron chi connectivity index (χ4n) is 2.38. The summed E-state index contributed by atoms with van der Waals surface area (Å²) in [6, 6.07) is 2.24. The van der Waals surface area contributed by atoms with E-state index in [4.69, 9.17) is 4.74 Å². The molecule has 70 valence electrons. The van der Waals surface area contributed by atoms with Crippen LogP contribution in [0.25, 0.3) is 0 Å². The van der Waals surface area contributed by atoms with Crippen LogP contribution >= 0.6 is 11.3 Å². The summed E-state index contributed by atoms with van der Waals surface area (Å²) in [4.78, 5) is 1.53. The molecular weight excluding hydrogens is 182 g/mol. The monoisotopic (exact) mass is 195 g/mol. The molecular formula is C10H13NOS. The van der Waals surface area contributed by atoms with Crippen LogP contribution in [0.1, 0.15) is 16.9 Å². The minimum Gasteiger partial charge on any atom is -0.368 e. The van der Waals surface area contributed by atoms with Crippen LogP contribution in [0.5, 0.6) is 0 Å². The fraction of sp³-hybridized carbons (Fsp3) is 0.600. The third kappa shape index (κ3) is 1.08. The zero-order chi connectivity index (χ0) is 8.73. The summed E-state index contributed by atoms with van der Waals surface area (Å²) in [7, 11) is 0. The van der Waals surface area contributed by atoms with Gasteiger partial charge in [-0.15, -0.1) is 11.3 Å². The van der Waals surface area contributed by atoms with Crippen molar-refractivity contribution in [3.8, 4) is 0 Å². The molecule has 1 saturated heterocycles. The lowest BCUT2D eigenvalue weighted by Crippen LogP contribution is -2.46. The standard InChI is InChI=1S/C10H13NOS/c1-3-10(7-11-4-5-12-10)8-2-6-13-9(1)8/h2,6,11H,1,3-5,7H2. The maximum absolute atomic E-state index is 5.96. The molecule has 0 radical (unpaired) electrons. The number of hydrogen-bond donors (Lipinski definition) is 1. The highest BCUT2D eigenvalue weighted by Crippen LogP contribution is 2.42. The van der Waals surface area contributed by atoms with E-state index in [1.54, 1.807) is 0 Å². The lowest BCUT2D eigenvalue weighted by molar-refractivity contribution is -0.0694. The molecule has 1 spiro atoms. The molecule has 0 saturated carbocycles. The first-order chi connectivity index (χ1) is 6.41. The first-order valence-electron chi connectivity index (χ1n) is 4.82. The van der Waals surface area contributed by atoms with Crippen molar-refractivity contribution in [3.63, 3.8) is 0 Å². The van der Waals surface area contributed by atoms with Gasteiger partial charge < -0.3 is 10.1 Å². The maximum atomic E-state index is 5.96. The third-order valence-electron chi connectivity index (χ3n) is 3.06. The van der Waals surface area contributed by atoms with E-state index < -0.39 is 0 Å². The quantitative estimate of drug-likeness (QED) is 0.677. The van der Waals surface area contributed by atoms with Gasteiger partial charge in [0, 0.05) is 18.0 Å². The van der Waals surface area contributed by atoms with Gasteiger partial charge in [-0.25, -0.2) is 0 Å². The molecule has 13 heavy (non-hydrogen) atoms. The van der Waals surface area contributed by atoms with Crippen LogP contribution in [0.3, 0.4) is 0 Å². The molecule has 0 aromatic carbocycles. The summed E-state index contributed by atoms with van der Waals surface area (Å²) >= 11 is 1.87. The SMILES string of the molecule is c1cc2c(s1)CCC21CNCCO1. The van der Waals surface area contributed by atoms with Crippen LogP contribution in [0.4, 0.5) is 0 Å². The van der Waals surface area contributed by atoms with Gasteiger partial charge in [-0.2, -0.15) is 0 Å². The molecule has 2 aliphatic rings. The smallest absolute Gasteiger partial charge is 0.107 e. The van der Waals surface area contributed by atoms with Gasteiger partial charge in [0.2, 0.25) is 0 Å². The van der Waals surface area contributed by atoms with Crippen LogP contribution in [0.2, 0.25) is 0 Å². The fourth-order valence-corrected chi connectivity index (χ4v) is 3.35. The Balaban J connectivity index is 2.00. The Morgan fingerprint density at radius 1 is 1.54 bits per heavy atom. The van der Waals surface area contributed by atoms with Crippen LogP contribution in [-0.2, 0) is 16.8 Å². The van der Waals surface area contributed by atoms with Gasteiger partial charge in [-0.1, -0.05) is 0 Å². The third-order valence-corrected chi connectivity index (χ3v) is 4.04. The van der Waals surface area contributed by atoms with Crippen molar-refractivity contribution in [2.75, 3.05) is 19.7 Å². The molecule has 0 amide bonds. The summed E-state index contributed by atoms with van der Waals surface area (Å²) in [5.74, 6) is 0. The zero-order valence-electron chi connectivity index (χ0n) is 7.51. The van der Waals surface area contributed by atoms with Crippen molar-refractivity contribution in [2.45, 2.75) is 18.4 Å². The van der Waals surface area contributed by atoms with Crippen LogP contribution in [0, 0.1) is 0 Å². The van der Waals surface area contributed by atoms with Gasteiger partial charge in [-0.05, 0) is 29.9 Å². The molecule has 1 aromatic heterocycles. The van der Waals surface area contributed by atoms with Crippen LogP contribution < -0.4 is 5.32 Å². The number of nitrogens with one attached hydrogen (secondary N) is 1.